The van der Waals surface area contributed by atoms with Gasteiger partial charge in [0.15, 0.2) is 0 Å². The van der Waals surface area contributed by atoms with Crippen LogP contribution in [-0.2, 0) is 25.9 Å². The van der Waals surface area contributed by atoms with E-state index >= 15 is 0 Å². The molecule has 3 heterocycles. The third kappa shape index (κ3) is 2.94. The fraction of sp³-hybridized carbons (Fsp3) is 0.400. The number of rotatable bonds is 4. The second-order valence-electron chi connectivity index (χ2n) is 7.55. The third-order valence-electron chi connectivity index (χ3n) is 5.50. The summed E-state index contributed by atoms with van der Waals surface area (Å²) in [5, 5.41) is 1.05. The van der Waals surface area contributed by atoms with Gasteiger partial charge in [0, 0.05) is 48.7 Å². The van der Waals surface area contributed by atoms with Crippen molar-refractivity contribution in [2.24, 2.45) is 5.92 Å². The molecular formula is C20H21FN4O. The Labute approximate surface area is 150 Å². The maximum atomic E-state index is 13.4. The quantitative estimate of drug-likeness (QED) is 0.759. The minimum Gasteiger partial charge on any atom is -0.361 e. The van der Waals surface area contributed by atoms with Crippen molar-refractivity contribution < 1.29 is 4.39 Å². The molecular weight excluding hydrogens is 331 g/mol. The Morgan fingerprint density at radius 2 is 2.19 bits per heavy atom. The van der Waals surface area contributed by atoms with Gasteiger partial charge in [-0.3, -0.25) is 9.69 Å². The van der Waals surface area contributed by atoms with Gasteiger partial charge in [-0.05, 0) is 48.9 Å². The summed E-state index contributed by atoms with van der Waals surface area (Å²) in [6.07, 6.45) is 6.04. The lowest BCUT2D eigenvalue weighted by Crippen LogP contribution is -2.35. The van der Waals surface area contributed by atoms with Crippen LogP contribution in [0.1, 0.15) is 35.5 Å². The summed E-state index contributed by atoms with van der Waals surface area (Å²) in [6.45, 7) is 2.27. The fourth-order valence-electron chi connectivity index (χ4n) is 3.90. The first kappa shape index (κ1) is 15.8. The van der Waals surface area contributed by atoms with Crippen molar-refractivity contribution >= 4 is 10.9 Å². The molecule has 2 N–H and O–H groups in total. The molecule has 5 nitrogen and oxygen atoms in total. The van der Waals surface area contributed by atoms with Crippen molar-refractivity contribution in [2.75, 3.05) is 6.54 Å². The van der Waals surface area contributed by atoms with E-state index in [2.05, 4.69) is 14.9 Å². The van der Waals surface area contributed by atoms with Crippen LogP contribution in [0.25, 0.3) is 10.9 Å². The average molecular weight is 352 g/mol. The molecule has 26 heavy (non-hydrogen) atoms. The van der Waals surface area contributed by atoms with Crippen LogP contribution in [0.5, 0.6) is 0 Å². The molecule has 2 aromatic heterocycles. The van der Waals surface area contributed by atoms with E-state index in [1.807, 2.05) is 12.3 Å². The summed E-state index contributed by atoms with van der Waals surface area (Å²) < 4.78 is 13.4. The number of aromatic amines is 2. The van der Waals surface area contributed by atoms with Gasteiger partial charge in [-0.2, -0.15) is 0 Å². The number of aromatic nitrogens is 3. The monoisotopic (exact) mass is 352 g/mol. The van der Waals surface area contributed by atoms with Crippen LogP contribution in [0.2, 0.25) is 0 Å². The number of nitrogens with one attached hydrogen (secondary N) is 2. The predicted molar refractivity (Wildman–Crippen MR) is 97.4 cm³/mol. The number of halogens is 1. The Balaban J connectivity index is 1.39. The van der Waals surface area contributed by atoms with Gasteiger partial charge >= 0.3 is 0 Å². The number of fused-ring (bicyclic) bond motifs is 2. The van der Waals surface area contributed by atoms with Crippen LogP contribution < -0.4 is 5.56 Å². The van der Waals surface area contributed by atoms with E-state index in [4.69, 9.17) is 4.98 Å². The summed E-state index contributed by atoms with van der Waals surface area (Å²) >= 11 is 0. The molecule has 0 atom stereocenters. The minimum atomic E-state index is -0.232. The highest BCUT2D eigenvalue weighted by molar-refractivity contribution is 5.83. The van der Waals surface area contributed by atoms with Gasteiger partial charge in [-0.25, -0.2) is 9.37 Å². The van der Waals surface area contributed by atoms with E-state index < -0.39 is 0 Å². The summed E-state index contributed by atoms with van der Waals surface area (Å²) in [4.78, 5) is 25.5. The van der Waals surface area contributed by atoms with Crippen molar-refractivity contribution in [3.8, 4) is 0 Å². The van der Waals surface area contributed by atoms with Gasteiger partial charge < -0.3 is 9.97 Å². The standard InChI is InChI=1S/C20H21FN4O/c21-14-3-4-15-13(9-22-17(15)8-14)10-25-6-5-16-18(11-25)23-19(24-20(16)26)7-12-1-2-12/h3-4,8-9,12,22H,1-2,5-7,10-11H2,(H,23,24,26). The van der Waals surface area contributed by atoms with E-state index in [0.29, 0.717) is 12.5 Å². The van der Waals surface area contributed by atoms with Crippen molar-refractivity contribution in [2.45, 2.75) is 38.8 Å². The smallest absolute Gasteiger partial charge is 0.254 e. The Bertz CT molecular complexity index is 1030. The molecule has 5 rings (SSSR count). The van der Waals surface area contributed by atoms with Crippen molar-refractivity contribution in [1.82, 2.24) is 19.9 Å². The highest BCUT2D eigenvalue weighted by Crippen LogP contribution is 2.31. The number of H-pyrrole nitrogens is 2. The lowest BCUT2D eigenvalue weighted by molar-refractivity contribution is 0.241. The van der Waals surface area contributed by atoms with Crippen LogP contribution in [0.4, 0.5) is 4.39 Å². The van der Waals surface area contributed by atoms with Gasteiger partial charge in [0.25, 0.3) is 5.56 Å². The molecule has 0 radical (unpaired) electrons. The predicted octanol–water partition coefficient (Wildman–Crippen LogP) is 2.90. The zero-order valence-corrected chi connectivity index (χ0v) is 14.5. The van der Waals surface area contributed by atoms with Crippen LogP contribution in [0.15, 0.2) is 29.2 Å². The topological polar surface area (TPSA) is 64.8 Å². The molecule has 1 fully saturated rings. The van der Waals surface area contributed by atoms with E-state index in [1.165, 1.54) is 25.0 Å². The molecule has 0 saturated heterocycles. The van der Waals surface area contributed by atoms with Crippen LogP contribution in [0.3, 0.4) is 0 Å². The molecule has 3 aromatic rings. The molecule has 0 unspecified atom stereocenters. The number of hydrogen-bond donors (Lipinski definition) is 2. The highest BCUT2D eigenvalue weighted by Gasteiger charge is 2.25. The SMILES string of the molecule is O=c1[nH]c(CC2CC2)nc2c1CCN(Cc1c[nH]c3cc(F)ccc13)C2. The zero-order chi connectivity index (χ0) is 17.7. The number of nitrogens with zero attached hydrogens (tertiary/aromatic N) is 2. The van der Waals surface area contributed by atoms with Crippen LogP contribution >= 0.6 is 0 Å². The van der Waals surface area contributed by atoms with Gasteiger partial charge in [0.1, 0.15) is 11.6 Å². The molecule has 0 spiro atoms. The van der Waals surface area contributed by atoms with E-state index in [9.17, 15) is 9.18 Å². The first-order chi connectivity index (χ1) is 12.7. The number of benzene rings is 1. The summed E-state index contributed by atoms with van der Waals surface area (Å²) in [5.41, 5.74) is 3.75. The Hall–Kier alpha value is -2.47. The van der Waals surface area contributed by atoms with E-state index in [1.54, 1.807) is 0 Å². The molecule has 1 aliphatic heterocycles. The molecule has 134 valence electrons. The summed E-state index contributed by atoms with van der Waals surface area (Å²) in [6, 6.07) is 4.84. The van der Waals surface area contributed by atoms with Gasteiger partial charge in [-0.15, -0.1) is 0 Å². The zero-order valence-electron chi connectivity index (χ0n) is 14.5. The van der Waals surface area contributed by atoms with Crippen molar-refractivity contribution in [1.29, 1.82) is 0 Å². The Kier molecular flexibility index (Phi) is 3.67. The summed E-state index contributed by atoms with van der Waals surface area (Å²) in [7, 11) is 0. The first-order valence-electron chi connectivity index (χ1n) is 9.24. The lowest BCUT2D eigenvalue weighted by Gasteiger charge is -2.27. The van der Waals surface area contributed by atoms with Gasteiger partial charge in [0.2, 0.25) is 0 Å². The second-order valence-corrected chi connectivity index (χ2v) is 7.55. The van der Waals surface area contributed by atoms with Crippen LogP contribution in [0, 0.1) is 11.7 Å². The first-order valence-corrected chi connectivity index (χ1v) is 9.24. The highest BCUT2D eigenvalue weighted by atomic mass is 19.1. The largest absolute Gasteiger partial charge is 0.361 e. The van der Waals surface area contributed by atoms with Crippen LogP contribution in [-0.4, -0.2) is 26.4 Å². The maximum Gasteiger partial charge on any atom is 0.254 e. The Morgan fingerprint density at radius 3 is 3.04 bits per heavy atom. The van der Waals surface area contributed by atoms with Crippen molar-refractivity contribution in [3.05, 3.63) is 63.2 Å². The molecule has 6 heteroatoms. The minimum absolute atomic E-state index is 0.0351. The van der Waals surface area contributed by atoms with Gasteiger partial charge in [0.05, 0.1) is 5.69 Å². The normalized spacial score (nSPS) is 17.6. The van der Waals surface area contributed by atoms with Crippen molar-refractivity contribution in [3.63, 3.8) is 0 Å². The molecule has 1 aromatic carbocycles. The fourth-order valence-corrected chi connectivity index (χ4v) is 3.90. The second kappa shape index (κ2) is 6.06. The molecule has 1 saturated carbocycles. The lowest BCUT2D eigenvalue weighted by atomic mass is 10.0. The Morgan fingerprint density at radius 1 is 1.31 bits per heavy atom. The van der Waals surface area contributed by atoms with E-state index in [0.717, 1.165) is 59.5 Å². The third-order valence-corrected chi connectivity index (χ3v) is 5.50. The van der Waals surface area contributed by atoms with E-state index in [-0.39, 0.29) is 11.4 Å². The molecule has 1 aliphatic carbocycles. The average Bonchev–Trinajstić information content (AvgIpc) is 3.34. The van der Waals surface area contributed by atoms with Gasteiger partial charge in [-0.1, -0.05) is 0 Å². The maximum absolute atomic E-state index is 13.4. The molecule has 0 bridgehead atoms. The molecule has 0 amide bonds. The molecule has 2 aliphatic rings. The summed E-state index contributed by atoms with van der Waals surface area (Å²) in [5.74, 6) is 1.30. The number of hydrogen-bond acceptors (Lipinski definition) is 3.